The third-order valence-electron chi connectivity index (χ3n) is 7.61. The normalized spacial score (nSPS) is 11.5. The van der Waals surface area contributed by atoms with Gasteiger partial charge in [0.1, 0.15) is 11.2 Å². The average molecular weight is 560 g/mol. The number of benzene rings is 6. The summed E-state index contributed by atoms with van der Waals surface area (Å²) in [5.74, 6) is 1.82. The Morgan fingerprint density at radius 3 is 1.74 bits per heavy atom. The molecule has 0 saturated heterocycles. The molecular weight excluding hydrogens is 538 g/mol. The molecule has 4 nitrogen and oxygen atoms in total. The molecule has 5 heteroatoms. The van der Waals surface area contributed by atoms with Gasteiger partial charge in [-0.25, -0.2) is 15.0 Å². The van der Waals surface area contributed by atoms with Crippen LogP contribution in [0.15, 0.2) is 138 Å². The molecular formula is C37H22ClN3O. The molecule has 0 aliphatic heterocycles. The third kappa shape index (κ3) is 4.21. The number of nitrogens with zero attached hydrogens (tertiary/aromatic N) is 3. The molecule has 2 aromatic heterocycles. The number of hydrogen-bond acceptors (Lipinski definition) is 4. The number of para-hydroxylation sites is 1. The molecule has 0 bridgehead atoms. The Bertz CT molecular complexity index is 2240. The van der Waals surface area contributed by atoms with Gasteiger partial charge in [0.2, 0.25) is 0 Å². The molecule has 198 valence electrons. The average Bonchev–Trinajstić information content (AvgIpc) is 3.45. The van der Waals surface area contributed by atoms with E-state index in [9.17, 15) is 0 Å². The highest BCUT2D eigenvalue weighted by Gasteiger charge is 2.16. The van der Waals surface area contributed by atoms with Gasteiger partial charge in [-0.3, -0.25) is 0 Å². The standard InChI is InChI=1S/C37H22ClN3O/c38-28-20-17-27(18-21-28)37-40-35(25-8-2-1-3-9-25)39-36(41-37)26-15-13-24(14-16-26)30-11-6-12-31-33-29-10-5-4-7-23(29)19-22-32(33)42-34(30)31/h1-22H. The van der Waals surface area contributed by atoms with Crippen LogP contribution in [0.2, 0.25) is 5.02 Å². The van der Waals surface area contributed by atoms with Crippen molar-refractivity contribution in [2.24, 2.45) is 0 Å². The number of fused-ring (bicyclic) bond motifs is 5. The van der Waals surface area contributed by atoms with Crippen LogP contribution in [0.1, 0.15) is 0 Å². The molecule has 0 amide bonds. The van der Waals surface area contributed by atoms with Crippen molar-refractivity contribution in [3.63, 3.8) is 0 Å². The predicted octanol–water partition coefficient (Wildman–Crippen LogP) is 10.2. The summed E-state index contributed by atoms with van der Waals surface area (Å²) in [6.07, 6.45) is 0. The molecule has 2 heterocycles. The highest BCUT2D eigenvalue weighted by Crippen LogP contribution is 2.39. The molecule has 42 heavy (non-hydrogen) atoms. The zero-order chi connectivity index (χ0) is 28.0. The third-order valence-corrected chi connectivity index (χ3v) is 7.86. The van der Waals surface area contributed by atoms with Gasteiger partial charge in [-0.05, 0) is 46.7 Å². The summed E-state index contributed by atoms with van der Waals surface area (Å²) in [5, 5.41) is 5.32. The van der Waals surface area contributed by atoms with Crippen LogP contribution in [-0.4, -0.2) is 15.0 Å². The van der Waals surface area contributed by atoms with Gasteiger partial charge in [0.25, 0.3) is 0 Å². The fourth-order valence-corrected chi connectivity index (χ4v) is 5.67. The topological polar surface area (TPSA) is 51.8 Å². The van der Waals surface area contributed by atoms with Crippen molar-refractivity contribution in [2.75, 3.05) is 0 Å². The monoisotopic (exact) mass is 559 g/mol. The van der Waals surface area contributed by atoms with E-state index in [0.29, 0.717) is 22.5 Å². The van der Waals surface area contributed by atoms with Crippen LogP contribution in [0, 0.1) is 0 Å². The SMILES string of the molecule is Clc1ccc(-c2nc(-c3ccccc3)nc(-c3ccc(-c4cccc5c4oc4ccc6ccccc6c45)cc3)n2)cc1. The van der Waals surface area contributed by atoms with Crippen LogP contribution < -0.4 is 0 Å². The first-order chi connectivity index (χ1) is 20.7. The van der Waals surface area contributed by atoms with E-state index in [2.05, 4.69) is 78.9 Å². The Labute approximate surface area is 246 Å². The number of aromatic nitrogens is 3. The zero-order valence-corrected chi connectivity index (χ0v) is 23.1. The molecule has 0 spiro atoms. The molecule has 0 radical (unpaired) electrons. The van der Waals surface area contributed by atoms with Gasteiger partial charge in [0.05, 0.1) is 0 Å². The van der Waals surface area contributed by atoms with Crippen molar-refractivity contribution in [3.05, 3.63) is 138 Å². The van der Waals surface area contributed by atoms with Gasteiger partial charge in [-0.2, -0.15) is 0 Å². The number of rotatable bonds is 4. The lowest BCUT2D eigenvalue weighted by Gasteiger charge is -2.09. The predicted molar refractivity (Wildman–Crippen MR) is 171 cm³/mol. The smallest absolute Gasteiger partial charge is 0.164 e. The van der Waals surface area contributed by atoms with Crippen molar-refractivity contribution in [2.45, 2.75) is 0 Å². The van der Waals surface area contributed by atoms with Crippen LogP contribution in [0.5, 0.6) is 0 Å². The Kier molecular flexibility index (Phi) is 5.80. The second-order valence-electron chi connectivity index (χ2n) is 10.2. The van der Waals surface area contributed by atoms with E-state index in [0.717, 1.165) is 49.8 Å². The van der Waals surface area contributed by atoms with E-state index in [1.807, 2.05) is 54.6 Å². The lowest BCUT2D eigenvalue weighted by atomic mass is 9.99. The summed E-state index contributed by atoms with van der Waals surface area (Å²) in [6, 6.07) is 44.8. The molecule has 0 saturated carbocycles. The van der Waals surface area contributed by atoms with Crippen molar-refractivity contribution in [1.29, 1.82) is 0 Å². The van der Waals surface area contributed by atoms with Crippen LogP contribution in [0.4, 0.5) is 0 Å². The van der Waals surface area contributed by atoms with Crippen LogP contribution in [0.3, 0.4) is 0 Å². The highest BCUT2D eigenvalue weighted by molar-refractivity contribution is 6.30. The first kappa shape index (κ1) is 24.5. The molecule has 0 N–H and O–H groups in total. The van der Waals surface area contributed by atoms with Gasteiger partial charge in [0.15, 0.2) is 17.5 Å². The number of furan rings is 1. The maximum absolute atomic E-state index is 6.46. The molecule has 8 rings (SSSR count). The molecule has 0 unspecified atom stereocenters. The number of hydrogen-bond donors (Lipinski definition) is 0. The molecule has 0 aliphatic rings. The summed E-state index contributed by atoms with van der Waals surface area (Å²) < 4.78 is 6.46. The summed E-state index contributed by atoms with van der Waals surface area (Å²) in [7, 11) is 0. The molecule has 6 aromatic carbocycles. The lowest BCUT2D eigenvalue weighted by Crippen LogP contribution is -2.00. The van der Waals surface area contributed by atoms with Crippen LogP contribution >= 0.6 is 11.6 Å². The quantitative estimate of drug-likeness (QED) is 0.215. The van der Waals surface area contributed by atoms with Gasteiger partial charge < -0.3 is 4.42 Å². The lowest BCUT2D eigenvalue weighted by molar-refractivity contribution is 0.670. The van der Waals surface area contributed by atoms with E-state index >= 15 is 0 Å². The van der Waals surface area contributed by atoms with Crippen molar-refractivity contribution in [1.82, 2.24) is 15.0 Å². The van der Waals surface area contributed by atoms with Gasteiger partial charge in [-0.1, -0.05) is 115 Å². The fraction of sp³-hybridized carbons (Fsp3) is 0. The minimum absolute atomic E-state index is 0.596. The van der Waals surface area contributed by atoms with Crippen LogP contribution in [-0.2, 0) is 0 Å². The molecule has 8 aromatic rings. The first-order valence-corrected chi connectivity index (χ1v) is 14.1. The zero-order valence-electron chi connectivity index (χ0n) is 22.3. The molecule has 0 atom stereocenters. The summed E-state index contributed by atoms with van der Waals surface area (Å²) >= 11 is 6.14. The van der Waals surface area contributed by atoms with E-state index < -0.39 is 0 Å². The second-order valence-corrected chi connectivity index (χ2v) is 10.6. The fourth-order valence-electron chi connectivity index (χ4n) is 5.54. The largest absolute Gasteiger partial charge is 0.455 e. The highest BCUT2D eigenvalue weighted by atomic mass is 35.5. The number of halogens is 1. The summed E-state index contributed by atoms with van der Waals surface area (Å²) in [6.45, 7) is 0. The maximum Gasteiger partial charge on any atom is 0.164 e. The van der Waals surface area contributed by atoms with Crippen molar-refractivity contribution in [3.8, 4) is 45.3 Å². The molecule has 0 fully saturated rings. The van der Waals surface area contributed by atoms with E-state index in [1.54, 1.807) is 0 Å². The Morgan fingerprint density at radius 2 is 1.02 bits per heavy atom. The first-order valence-electron chi connectivity index (χ1n) is 13.7. The molecule has 0 aliphatic carbocycles. The minimum Gasteiger partial charge on any atom is -0.455 e. The second kappa shape index (κ2) is 9.95. The van der Waals surface area contributed by atoms with Crippen molar-refractivity contribution >= 4 is 44.3 Å². The Balaban J connectivity index is 1.24. The van der Waals surface area contributed by atoms with Crippen LogP contribution in [0.25, 0.3) is 78.0 Å². The van der Waals surface area contributed by atoms with Gasteiger partial charge in [-0.15, -0.1) is 0 Å². The summed E-state index contributed by atoms with van der Waals surface area (Å²) in [4.78, 5) is 14.5. The van der Waals surface area contributed by atoms with E-state index in [4.69, 9.17) is 31.0 Å². The van der Waals surface area contributed by atoms with E-state index in [1.165, 1.54) is 10.8 Å². The Hall–Kier alpha value is -5.32. The summed E-state index contributed by atoms with van der Waals surface area (Å²) in [5.41, 5.74) is 6.58. The van der Waals surface area contributed by atoms with E-state index in [-0.39, 0.29) is 0 Å². The van der Waals surface area contributed by atoms with Gasteiger partial charge >= 0.3 is 0 Å². The maximum atomic E-state index is 6.46. The minimum atomic E-state index is 0.596. The van der Waals surface area contributed by atoms with Crippen molar-refractivity contribution < 1.29 is 4.42 Å². The Morgan fingerprint density at radius 1 is 0.452 bits per heavy atom. The van der Waals surface area contributed by atoms with Gasteiger partial charge in [0, 0.05) is 38.0 Å².